The van der Waals surface area contributed by atoms with Crippen LogP contribution in [0.2, 0.25) is 5.02 Å². The topological polar surface area (TPSA) is 88.6 Å². The van der Waals surface area contributed by atoms with E-state index in [1.807, 2.05) is 36.4 Å². The van der Waals surface area contributed by atoms with Gasteiger partial charge in [-0.2, -0.15) is 4.31 Å². The second-order valence-electron chi connectivity index (χ2n) is 7.16. The largest absolute Gasteiger partial charge is 0.379 e. The number of fused-ring (bicyclic) bond motifs is 1. The monoisotopic (exact) mass is 459 g/mol. The molecule has 3 aromatic rings. The predicted molar refractivity (Wildman–Crippen MR) is 121 cm³/mol. The number of hydrogen-bond donors (Lipinski definition) is 1. The molecule has 1 aliphatic rings. The summed E-state index contributed by atoms with van der Waals surface area (Å²) in [6.45, 7) is 1.49. The van der Waals surface area contributed by atoms with Crippen LogP contribution < -0.4 is 5.32 Å². The molecule has 2 heterocycles. The molecule has 9 heteroatoms. The van der Waals surface area contributed by atoms with Crippen LogP contribution in [0.4, 0.5) is 0 Å². The minimum absolute atomic E-state index is 0.0193. The number of carbonyl (C=O) groups excluding carboxylic acids is 1. The first-order valence-electron chi connectivity index (χ1n) is 9.93. The summed E-state index contributed by atoms with van der Waals surface area (Å²) in [5.41, 5.74) is 2.60. The first kappa shape index (κ1) is 21.7. The van der Waals surface area contributed by atoms with Crippen LogP contribution in [0.15, 0.2) is 54.6 Å². The summed E-state index contributed by atoms with van der Waals surface area (Å²) in [6.07, 6.45) is 0. The highest BCUT2D eigenvalue weighted by atomic mass is 35.5. The van der Waals surface area contributed by atoms with Crippen molar-refractivity contribution in [2.24, 2.45) is 0 Å². The number of pyridine rings is 1. The zero-order valence-corrected chi connectivity index (χ0v) is 18.3. The van der Waals surface area contributed by atoms with E-state index in [4.69, 9.17) is 16.3 Å². The first-order valence-corrected chi connectivity index (χ1v) is 11.9. The van der Waals surface area contributed by atoms with E-state index in [-0.39, 0.29) is 18.2 Å². The molecular formula is C22H22ClN3O4S. The Kier molecular flexibility index (Phi) is 6.52. The van der Waals surface area contributed by atoms with Gasteiger partial charge in [0.05, 0.1) is 35.7 Å². The van der Waals surface area contributed by atoms with Gasteiger partial charge in [0.15, 0.2) is 0 Å². The number of para-hydroxylation sites is 1. The van der Waals surface area contributed by atoms with Crippen LogP contribution in [0.25, 0.3) is 22.2 Å². The molecule has 0 saturated carbocycles. The SMILES string of the molecule is O=C(NCCS(=O)(=O)N1CCOCC1)c1cc(-c2ccc(Cl)cc2)nc2ccccc12. The number of carbonyl (C=O) groups is 1. The van der Waals surface area contributed by atoms with Gasteiger partial charge in [0, 0.05) is 35.6 Å². The van der Waals surface area contributed by atoms with Crippen LogP contribution in [0.3, 0.4) is 0 Å². The molecule has 0 bridgehead atoms. The van der Waals surface area contributed by atoms with Crippen molar-refractivity contribution >= 4 is 38.4 Å². The lowest BCUT2D eigenvalue weighted by atomic mass is 10.0. The van der Waals surface area contributed by atoms with E-state index < -0.39 is 10.0 Å². The third-order valence-electron chi connectivity index (χ3n) is 5.11. The number of sulfonamides is 1. The van der Waals surface area contributed by atoms with Crippen LogP contribution in [-0.2, 0) is 14.8 Å². The van der Waals surface area contributed by atoms with Gasteiger partial charge in [0.25, 0.3) is 5.91 Å². The van der Waals surface area contributed by atoms with Gasteiger partial charge in [-0.25, -0.2) is 13.4 Å². The molecule has 0 spiro atoms. The van der Waals surface area contributed by atoms with Crippen molar-refractivity contribution in [3.63, 3.8) is 0 Å². The summed E-state index contributed by atoms with van der Waals surface area (Å²) in [6, 6.07) is 16.3. The first-order chi connectivity index (χ1) is 14.9. The molecule has 31 heavy (non-hydrogen) atoms. The normalized spacial score (nSPS) is 15.1. The smallest absolute Gasteiger partial charge is 0.252 e. The fraction of sp³-hybridized carbons (Fsp3) is 0.273. The van der Waals surface area contributed by atoms with Crippen LogP contribution in [-0.4, -0.2) is 62.2 Å². The molecule has 1 amide bonds. The maximum absolute atomic E-state index is 13.0. The van der Waals surface area contributed by atoms with Crippen molar-refractivity contribution in [2.75, 3.05) is 38.6 Å². The molecule has 0 unspecified atom stereocenters. The number of aromatic nitrogens is 1. The van der Waals surface area contributed by atoms with Crippen molar-refractivity contribution in [1.29, 1.82) is 0 Å². The quantitative estimate of drug-likeness (QED) is 0.612. The molecule has 4 rings (SSSR count). The zero-order chi connectivity index (χ0) is 21.8. The summed E-state index contributed by atoms with van der Waals surface area (Å²) in [7, 11) is -3.45. The minimum Gasteiger partial charge on any atom is -0.379 e. The maximum atomic E-state index is 13.0. The van der Waals surface area contributed by atoms with Crippen molar-refractivity contribution in [3.05, 3.63) is 65.2 Å². The van der Waals surface area contributed by atoms with Crippen molar-refractivity contribution in [3.8, 4) is 11.3 Å². The van der Waals surface area contributed by atoms with E-state index in [1.165, 1.54) is 4.31 Å². The van der Waals surface area contributed by atoms with Gasteiger partial charge in [-0.3, -0.25) is 4.79 Å². The van der Waals surface area contributed by atoms with E-state index in [0.29, 0.717) is 53.5 Å². The third-order valence-corrected chi connectivity index (χ3v) is 7.23. The minimum atomic E-state index is -3.45. The molecule has 1 fully saturated rings. The lowest BCUT2D eigenvalue weighted by Crippen LogP contribution is -2.43. The van der Waals surface area contributed by atoms with Crippen LogP contribution >= 0.6 is 11.6 Å². The van der Waals surface area contributed by atoms with Gasteiger partial charge in [-0.1, -0.05) is 41.9 Å². The van der Waals surface area contributed by atoms with Crippen LogP contribution in [0, 0.1) is 0 Å². The Hall–Kier alpha value is -2.52. The summed E-state index contributed by atoms with van der Waals surface area (Å²) >= 11 is 5.98. The fourth-order valence-electron chi connectivity index (χ4n) is 3.47. The highest BCUT2D eigenvalue weighted by molar-refractivity contribution is 7.89. The highest BCUT2D eigenvalue weighted by Crippen LogP contribution is 2.26. The number of amides is 1. The molecule has 0 atom stereocenters. The van der Waals surface area contributed by atoms with E-state index in [2.05, 4.69) is 10.3 Å². The molecule has 1 aliphatic heterocycles. The van der Waals surface area contributed by atoms with Gasteiger partial charge in [-0.05, 0) is 24.3 Å². The number of hydrogen-bond acceptors (Lipinski definition) is 5. The Labute approximate surface area is 186 Å². The second kappa shape index (κ2) is 9.32. The van der Waals surface area contributed by atoms with E-state index in [1.54, 1.807) is 18.2 Å². The number of nitrogens with zero attached hydrogens (tertiary/aromatic N) is 2. The lowest BCUT2D eigenvalue weighted by molar-refractivity contribution is 0.0730. The van der Waals surface area contributed by atoms with Crippen molar-refractivity contribution in [2.45, 2.75) is 0 Å². The Balaban J connectivity index is 1.55. The van der Waals surface area contributed by atoms with E-state index >= 15 is 0 Å². The standard InChI is InChI=1S/C22H22ClN3O4S/c23-17-7-5-16(6-8-17)21-15-19(18-3-1-2-4-20(18)25-21)22(27)24-9-14-31(28,29)26-10-12-30-13-11-26/h1-8,15H,9-14H2,(H,24,27). The predicted octanol–water partition coefficient (Wildman–Crippen LogP) is 2.95. The number of morpholine rings is 1. The molecule has 1 N–H and O–H groups in total. The molecule has 7 nitrogen and oxygen atoms in total. The van der Waals surface area contributed by atoms with Crippen LogP contribution in [0.5, 0.6) is 0 Å². The molecular weight excluding hydrogens is 438 g/mol. The number of benzene rings is 2. The molecule has 0 radical (unpaired) electrons. The average molecular weight is 460 g/mol. The van der Waals surface area contributed by atoms with Gasteiger partial charge in [0.2, 0.25) is 10.0 Å². The summed E-state index contributed by atoms with van der Waals surface area (Å²) in [5.74, 6) is -0.503. The Morgan fingerprint density at radius 1 is 1.10 bits per heavy atom. The fourth-order valence-corrected chi connectivity index (χ4v) is 4.92. The number of ether oxygens (including phenoxy) is 1. The van der Waals surface area contributed by atoms with Gasteiger partial charge >= 0.3 is 0 Å². The van der Waals surface area contributed by atoms with Gasteiger partial charge in [0.1, 0.15) is 0 Å². The van der Waals surface area contributed by atoms with Crippen LogP contribution in [0.1, 0.15) is 10.4 Å². The van der Waals surface area contributed by atoms with E-state index in [9.17, 15) is 13.2 Å². The van der Waals surface area contributed by atoms with E-state index in [0.717, 1.165) is 5.56 Å². The van der Waals surface area contributed by atoms with Crippen molar-refractivity contribution in [1.82, 2.24) is 14.6 Å². The summed E-state index contributed by atoms with van der Waals surface area (Å²) in [5, 5.41) is 4.07. The molecule has 2 aromatic carbocycles. The molecule has 1 saturated heterocycles. The number of halogens is 1. The summed E-state index contributed by atoms with van der Waals surface area (Å²) in [4.78, 5) is 17.6. The average Bonchev–Trinajstić information content (AvgIpc) is 2.79. The Morgan fingerprint density at radius 3 is 2.55 bits per heavy atom. The van der Waals surface area contributed by atoms with Crippen molar-refractivity contribution < 1.29 is 17.9 Å². The van der Waals surface area contributed by atoms with Gasteiger partial charge in [-0.15, -0.1) is 0 Å². The number of nitrogens with one attached hydrogen (secondary N) is 1. The molecule has 0 aliphatic carbocycles. The molecule has 1 aromatic heterocycles. The molecule has 162 valence electrons. The van der Waals surface area contributed by atoms with Gasteiger partial charge < -0.3 is 10.1 Å². The third kappa shape index (κ3) is 5.04. The number of rotatable bonds is 6. The zero-order valence-electron chi connectivity index (χ0n) is 16.8. The lowest BCUT2D eigenvalue weighted by Gasteiger charge is -2.26. The maximum Gasteiger partial charge on any atom is 0.252 e. The second-order valence-corrected chi connectivity index (χ2v) is 9.69. The highest BCUT2D eigenvalue weighted by Gasteiger charge is 2.24. The Bertz CT molecular complexity index is 1190. The summed E-state index contributed by atoms with van der Waals surface area (Å²) < 4.78 is 31.6. The Morgan fingerprint density at radius 2 is 1.81 bits per heavy atom.